The summed E-state index contributed by atoms with van der Waals surface area (Å²) in [6.07, 6.45) is 0. The Bertz CT molecular complexity index is 1240. The zero-order chi connectivity index (χ0) is 22.1. The van der Waals surface area contributed by atoms with Gasteiger partial charge < -0.3 is 10.1 Å². The van der Waals surface area contributed by atoms with Crippen LogP contribution in [0, 0.1) is 10.1 Å². The Morgan fingerprint density at radius 2 is 1.97 bits per heavy atom. The molecule has 0 aliphatic carbocycles. The van der Waals surface area contributed by atoms with Gasteiger partial charge in [-0.25, -0.2) is 4.79 Å². The van der Waals surface area contributed by atoms with Crippen molar-refractivity contribution in [3.63, 3.8) is 0 Å². The number of nitro benzene ring substituents is 1. The summed E-state index contributed by atoms with van der Waals surface area (Å²) in [6, 6.07) is 10.9. The number of ether oxygens (including phenoxy) is 1. The Hall–Kier alpha value is -4.12. The predicted octanol–water partition coefficient (Wildman–Crippen LogP) is 2.56. The number of allylic oxidation sites excluding steroid dienone is 1. The number of tetrazole rings is 1. The van der Waals surface area contributed by atoms with E-state index in [2.05, 4.69) is 20.8 Å². The number of Topliss-reactive ketones (excluding diaryl/α,β-unsaturated/α-hetero) is 1. The first-order valence-corrected chi connectivity index (χ1v) is 9.20. The number of hydrogen-bond donors (Lipinski definition) is 1. The monoisotopic (exact) mass is 440 g/mol. The molecule has 1 atom stereocenters. The van der Waals surface area contributed by atoms with Crippen LogP contribution in [0.2, 0.25) is 5.02 Å². The van der Waals surface area contributed by atoms with Gasteiger partial charge in [0.2, 0.25) is 5.95 Å². The van der Waals surface area contributed by atoms with Gasteiger partial charge in [-0.3, -0.25) is 14.9 Å². The SMILES string of the molecule is COC(=O)C1=C(C(=O)c2cccc([N+](=O)[O-])c2)[C@@H](c2ccc(Cl)cc2)n2nnnc2N1. The second-order valence-corrected chi connectivity index (χ2v) is 6.88. The largest absolute Gasteiger partial charge is 0.464 e. The smallest absolute Gasteiger partial charge is 0.355 e. The summed E-state index contributed by atoms with van der Waals surface area (Å²) in [7, 11) is 1.17. The summed E-state index contributed by atoms with van der Waals surface area (Å²) in [5.74, 6) is -1.32. The Balaban J connectivity index is 1.94. The number of carbonyl (C=O) groups is 2. The lowest BCUT2D eigenvalue weighted by Crippen LogP contribution is -2.32. The average Bonchev–Trinajstić information content (AvgIpc) is 3.26. The molecule has 3 aromatic rings. The molecule has 11 nitrogen and oxygen atoms in total. The minimum atomic E-state index is -0.913. The quantitative estimate of drug-likeness (QED) is 0.274. The van der Waals surface area contributed by atoms with Crippen LogP contribution in [0.15, 0.2) is 59.8 Å². The number of benzene rings is 2. The molecule has 0 bridgehead atoms. The molecule has 0 amide bonds. The molecule has 31 heavy (non-hydrogen) atoms. The van der Waals surface area contributed by atoms with Crippen molar-refractivity contribution in [2.75, 3.05) is 12.4 Å². The third-order valence-electron chi connectivity index (χ3n) is 4.66. The van der Waals surface area contributed by atoms with E-state index in [-0.39, 0.29) is 28.5 Å². The van der Waals surface area contributed by atoms with E-state index in [1.54, 1.807) is 24.3 Å². The van der Waals surface area contributed by atoms with E-state index in [1.807, 2.05) is 0 Å². The van der Waals surface area contributed by atoms with Gasteiger partial charge in [0.15, 0.2) is 5.78 Å². The maximum Gasteiger partial charge on any atom is 0.355 e. The second-order valence-electron chi connectivity index (χ2n) is 6.44. The van der Waals surface area contributed by atoms with Gasteiger partial charge in [0, 0.05) is 22.7 Å². The fraction of sp³-hybridized carbons (Fsp3) is 0.105. The topological polar surface area (TPSA) is 142 Å². The molecule has 0 saturated carbocycles. The fourth-order valence-corrected chi connectivity index (χ4v) is 3.38. The second kappa shape index (κ2) is 7.95. The average molecular weight is 441 g/mol. The molecule has 0 fully saturated rings. The summed E-state index contributed by atoms with van der Waals surface area (Å²) in [5, 5.41) is 25.8. The first-order valence-electron chi connectivity index (χ1n) is 8.82. The van der Waals surface area contributed by atoms with Crippen LogP contribution in [0.3, 0.4) is 0 Å². The Kier molecular flexibility index (Phi) is 5.17. The molecule has 1 aliphatic heterocycles. The summed E-state index contributed by atoms with van der Waals surface area (Å²) in [5.41, 5.74) is 0.120. The van der Waals surface area contributed by atoms with Crippen LogP contribution in [0.1, 0.15) is 22.0 Å². The standard InChI is InChI=1S/C19H13ClN6O5/c1-31-18(28)15-14(17(27)11-3-2-4-13(9-11)26(29)30)16(10-5-7-12(20)8-6-10)25-19(21-15)22-23-24-25/h2-9,16H,1H3,(H,21,22,24)/t16-/m1/s1. The minimum Gasteiger partial charge on any atom is -0.464 e. The van der Waals surface area contributed by atoms with E-state index in [4.69, 9.17) is 16.3 Å². The van der Waals surface area contributed by atoms with Crippen LogP contribution in [-0.2, 0) is 9.53 Å². The highest BCUT2D eigenvalue weighted by Crippen LogP contribution is 2.37. The van der Waals surface area contributed by atoms with Crippen LogP contribution in [0.4, 0.5) is 11.6 Å². The van der Waals surface area contributed by atoms with Gasteiger partial charge in [0.1, 0.15) is 11.7 Å². The van der Waals surface area contributed by atoms with Crippen molar-refractivity contribution in [3.8, 4) is 0 Å². The van der Waals surface area contributed by atoms with Crippen LogP contribution in [-0.4, -0.2) is 44.0 Å². The predicted molar refractivity (Wildman–Crippen MR) is 107 cm³/mol. The molecule has 1 aromatic heterocycles. The molecule has 4 rings (SSSR count). The van der Waals surface area contributed by atoms with E-state index in [0.717, 1.165) is 6.07 Å². The zero-order valence-electron chi connectivity index (χ0n) is 15.9. The summed E-state index contributed by atoms with van der Waals surface area (Å²) < 4.78 is 6.18. The van der Waals surface area contributed by atoms with E-state index in [9.17, 15) is 19.7 Å². The van der Waals surface area contributed by atoms with E-state index >= 15 is 0 Å². The summed E-state index contributed by atoms with van der Waals surface area (Å²) >= 11 is 6.00. The molecular weight excluding hydrogens is 428 g/mol. The number of aromatic nitrogens is 4. The highest BCUT2D eigenvalue weighted by atomic mass is 35.5. The van der Waals surface area contributed by atoms with Crippen LogP contribution in [0.5, 0.6) is 0 Å². The fourth-order valence-electron chi connectivity index (χ4n) is 3.26. The first-order chi connectivity index (χ1) is 14.9. The molecule has 1 aliphatic rings. The van der Waals surface area contributed by atoms with Crippen molar-refractivity contribution in [3.05, 3.63) is 86.1 Å². The lowest BCUT2D eigenvalue weighted by atomic mass is 9.89. The number of rotatable bonds is 5. The van der Waals surface area contributed by atoms with Crippen molar-refractivity contribution in [1.82, 2.24) is 20.2 Å². The third-order valence-corrected chi connectivity index (χ3v) is 4.91. The minimum absolute atomic E-state index is 0.0166. The molecule has 12 heteroatoms. The highest BCUT2D eigenvalue weighted by molar-refractivity contribution is 6.30. The number of ketones is 1. The van der Waals surface area contributed by atoms with Crippen molar-refractivity contribution in [2.24, 2.45) is 0 Å². The van der Waals surface area contributed by atoms with E-state index in [1.165, 1.54) is 30.0 Å². The molecule has 2 aromatic carbocycles. The lowest BCUT2D eigenvalue weighted by molar-refractivity contribution is -0.384. The van der Waals surface area contributed by atoms with Gasteiger partial charge in [-0.2, -0.15) is 4.68 Å². The molecular formula is C19H13ClN6O5. The first kappa shape index (κ1) is 20.2. The maximum absolute atomic E-state index is 13.6. The van der Waals surface area contributed by atoms with E-state index < -0.39 is 22.7 Å². The lowest BCUT2D eigenvalue weighted by Gasteiger charge is -2.28. The maximum atomic E-state index is 13.6. The third kappa shape index (κ3) is 3.62. The molecule has 0 spiro atoms. The number of nitro groups is 1. The van der Waals surface area contributed by atoms with Crippen molar-refractivity contribution < 1.29 is 19.2 Å². The zero-order valence-corrected chi connectivity index (χ0v) is 16.6. The van der Waals surface area contributed by atoms with Gasteiger partial charge in [-0.05, 0) is 28.1 Å². The van der Waals surface area contributed by atoms with Gasteiger partial charge in [-0.1, -0.05) is 41.0 Å². The molecule has 0 radical (unpaired) electrons. The van der Waals surface area contributed by atoms with Gasteiger partial charge in [0.25, 0.3) is 5.69 Å². The summed E-state index contributed by atoms with van der Waals surface area (Å²) in [4.78, 5) is 36.7. The van der Waals surface area contributed by atoms with E-state index in [0.29, 0.717) is 10.6 Å². The van der Waals surface area contributed by atoms with Crippen molar-refractivity contribution in [2.45, 2.75) is 6.04 Å². The normalized spacial score (nSPS) is 15.1. The summed E-state index contributed by atoms with van der Waals surface area (Å²) in [6.45, 7) is 0. The van der Waals surface area contributed by atoms with Crippen molar-refractivity contribution in [1.29, 1.82) is 0 Å². The number of non-ortho nitro benzene ring substituents is 1. The van der Waals surface area contributed by atoms with Gasteiger partial charge >= 0.3 is 5.97 Å². The molecule has 0 unspecified atom stereocenters. The highest BCUT2D eigenvalue weighted by Gasteiger charge is 2.38. The number of anilines is 1. The molecule has 1 N–H and O–H groups in total. The number of fused-ring (bicyclic) bond motifs is 1. The molecule has 0 saturated heterocycles. The number of halogens is 1. The molecule has 156 valence electrons. The number of nitrogens with zero attached hydrogens (tertiary/aromatic N) is 5. The Labute approximate surface area is 179 Å². The van der Waals surface area contributed by atoms with Crippen LogP contribution >= 0.6 is 11.6 Å². The number of carbonyl (C=O) groups excluding carboxylic acids is 2. The van der Waals surface area contributed by atoms with Crippen molar-refractivity contribution >= 4 is 35.0 Å². The van der Waals surface area contributed by atoms with Crippen LogP contribution < -0.4 is 5.32 Å². The van der Waals surface area contributed by atoms with Crippen LogP contribution in [0.25, 0.3) is 0 Å². The van der Waals surface area contributed by atoms with Gasteiger partial charge in [0.05, 0.1) is 17.6 Å². The Morgan fingerprint density at radius 3 is 2.65 bits per heavy atom. The molecule has 2 heterocycles. The number of methoxy groups -OCH3 is 1. The van der Waals surface area contributed by atoms with Gasteiger partial charge in [-0.15, -0.1) is 0 Å². The Morgan fingerprint density at radius 1 is 1.23 bits per heavy atom. The number of hydrogen-bond acceptors (Lipinski definition) is 9. The number of nitrogens with one attached hydrogen (secondary N) is 1. The number of esters is 1.